The molecule has 146 valence electrons. The van der Waals surface area contributed by atoms with Gasteiger partial charge in [0.25, 0.3) is 0 Å². The van der Waals surface area contributed by atoms with E-state index >= 15 is 0 Å². The Bertz CT molecular complexity index is 975. The van der Waals surface area contributed by atoms with Crippen LogP contribution in [-0.2, 0) is 21.2 Å². The van der Waals surface area contributed by atoms with Crippen molar-refractivity contribution in [3.8, 4) is 6.07 Å². The zero-order valence-corrected chi connectivity index (χ0v) is 16.7. The van der Waals surface area contributed by atoms with Crippen molar-refractivity contribution in [2.24, 2.45) is 5.92 Å². The van der Waals surface area contributed by atoms with Gasteiger partial charge >= 0.3 is 0 Å². The third-order valence-corrected chi connectivity index (χ3v) is 6.95. The molecule has 0 radical (unpaired) electrons. The molecule has 0 atom stereocenters. The Balaban J connectivity index is 1.58. The van der Waals surface area contributed by atoms with E-state index in [4.69, 9.17) is 16.9 Å². The van der Waals surface area contributed by atoms with Crippen molar-refractivity contribution in [2.75, 3.05) is 18.4 Å². The van der Waals surface area contributed by atoms with Crippen LogP contribution in [0.2, 0.25) is 5.02 Å². The van der Waals surface area contributed by atoms with Gasteiger partial charge in [-0.15, -0.1) is 0 Å². The molecule has 1 heterocycles. The molecule has 2 aromatic carbocycles. The number of nitriles is 1. The van der Waals surface area contributed by atoms with Gasteiger partial charge in [-0.25, -0.2) is 8.42 Å². The van der Waals surface area contributed by atoms with Crippen molar-refractivity contribution in [1.82, 2.24) is 4.31 Å². The summed E-state index contributed by atoms with van der Waals surface area (Å²) in [5, 5.41) is 12.0. The maximum atomic E-state index is 12.7. The van der Waals surface area contributed by atoms with E-state index in [0.717, 1.165) is 5.56 Å². The van der Waals surface area contributed by atoms with Gasteiger partial charge in [0, 0.05) is 29.7 Å². The van der Waals surface area contributed by atoms with Gasteiger partial charge in [0.2, 0.25) is 15.9 Å². The van der Waals surface area contributed by atoms with Crippen LogP contribution in [0.3, 0.4) is 0 Å². The van der Waals surface area contributed by atoms with E-state index in [9.17, 15) is 13.2 Å². The van der Waals surface area contributed by atoms with Crippen LogP contribution >= 0.6 is 11.6 Å². The lowest BCUT2D eigenvalue weighted by Crippen LogP contribution is -2.41. The van der Waals surface area contributed by atoms with Crippen LogP contribution in [0.5, 0.6) is 0 Å². The fraction of sp³-hybridized carbons (Fsp3) is 0.300. The maximum absolute atomic E-state index is 12.7. The predicted octanol–water partition coefficient (Wildman–Crippen LogP) is 3.45. The van der Waals surface area contributed by atoms with Crippen molar-refractivity contribution in [1.29, 1.82) is 5.26 Å². The summed E-state index contributed by atoms with van der Waals surface area (Å²) in [5.74, 6) is -0.355. The molecule has 2 aromatic rings. The molecule has 0 spiro atoms. The third kappa shape index (κ3) is 4.71. The molecule has 1 aliphatic heterocycles. The van der Waals surface area contributed by atoms with Crippen LogP contribution in [0.15, 0.2) is 53.4 Å². The first-order chi connectivity index (χ1) is 13.4. The minimum Gasteiger partial charge on any atom is -0.326 e. The van der Waals surface area contributed by atoms with Gasteiger partial charge in [-0.1, -0.05) is 23.7 Å². The summed E-state index contributed by atoms with van der Waals surface area (Å²) in [7, 11) is -3.58. The molecule has 0 aliphatic carbocycles. The van der Waals surface area contributed by atoms with Crippen LogP contribution < -0.4 is 5.32 Å². The second-order valence-corrected chi connectivity index (χ2v) is 9.03. The fourth-order valence-corrected chi connectivity index (χ4v) is 4.75. The Morgan fingerprint density at radius 2 is 1.71 bits per heavy atom. The summed E-state index contributed by atoms with van der Waals surface area (Å²) < 4.78 is 26.8. The van der Waals surface area contributed by atoms with Crippen molar-refractivity contribution >= 4 is 33.2 Å². The monoisotopic (exact) mass is 417 g/mol. The smallest absolute Gasteiger partial charge is 0.243 e. The lowest BCUT2D eigenvalue weighted by molar-refractivity contribution is -0.120. The van der Waals surface area contributed by atoms with E-state index in [0.29, 0.717) is 43.1 Å². The van der Waals surface area contributed by atoms with Crippen LogP contribution in [0, 0.1) is 17.2 Å². The van der Waals surface area contributed by atoms with E-state index in [1.54, 1.807) is 36.4 Å². The highest BCUT2D eigenvalue weighted by atomic mass is 35.5. The molecule has 0 unspecified atom stereocenters. The first kappa shape index (κ1) is 20.3. The van der Waals surface area contributed by atoms with Gasteiger partial charge in [0.15, 0.2) is 0 Å². The number of nitrogens with zero attached hydrogens (tertiary/aromatic N) is 2. The highest BCUT2D eigenvalue weighted by Crippen LogP contribution is 2.25. The molecule has 1 saturated heterocycles. The number of rotatable bonds is 5. The summed E-state index contributed by atoms with van der Waals surface area (Å²) in [5.41, 5.74) is 1.56. The Kier molecular flexibility index (Phi) is 6.35. The van der Waals surface area contributed by atoms with Gasteiger partial charge in [-0.3, -0.25) is 4.79 Å². The largest absolute Gasteiger partial charge is 0.326 e. The molecule has 1 amide bonds. The van der Waals surface area contributed by atoms with E-state index in [2.05, 4.69) is 11.4 Å². The molecule has 1 aliphatic rings. The molecular weight excluding hydrogens is 398 g/mol. The van der Waals surface area contributed by atoms with Gasteiger partial charge in [0.1, 0.15) is 0 Å². The first-order valence-corrected chi connectivity index (χ1v) is 10.7. The number of sulfonamides is 1. The zero-order chi connectivity index (χ0) is 20.1. The van der Waals surface area contributed by atoms with E-state index < -0.39 is 10.0 Å². The number of hydrogen-bond acceptors (Lipinski definition) is 4. The molecule has 0 aromatic heterocycles. The van der Waals surface area contributed by atoms with Crippen molar-refractivity contribution in [2.45, 2.75) is 24.2 Å². The van der Waals surface area contributed by atoms with Crippen LogP contribution in [-0.4, -0.2) is 31.7 Å². The molecule has 0 saturated carbocycles. The molecular formula is C20H20ClN3O3S. The summed E-state index contributed by atoms with van der Waals surface area (Å²) in [4.78, 5) is 12.7. The van der Waals surface area contributed by atoms with E-state index in [-0.39, 0.29) is 16.7 Å². The molecule has 1 N–H and O–H groups in total. The Morgan fingerprint density at radius 3 is 2.29 bits per heavy atom. The highest BCUT2D eigenvalue weighted by molar-refractivity contribution is 7.89. The van der Waals surface area contributed by atoms with Gasteiger partial charge in [-0.05, 0) is 54.8 Å². The summed E-state index contributed by atoms with van der Waals surface area (Å²) in [6.45, 7) is 0.592. The number of halogens is 1. The molecule has 6 nitrogen and oxygen atoms in total. The van der Waals surface area contributed by atoms with Gasteiger partial charge in [0.05, 0.1) is 17.4 Å². The topological polar surface area (TPSA) is 90.3 Å². The maximum Gasteiger partial charge on any atom is 0.243 e. The summed E-state index contributed by atoms with van der Waals surface area (Å²) >= 11 is 5.83. The lowest BCUT2D eigenvalue weighted by atomic mass is 9.97. The molecule has 28 heavy (non-hydrogen) atoms. The number of carbonyl (C=O) groups excluding carboxylic acids is 1. The minimum atomic E-state index is -3.58. The second-order valence-electron chi connectivity index (χ2n) is 6.65. The summed E-state index contributed by atoms with van der Waals surface area (Å²) in [6.07, 6.45) is 1.26. The van der Waals surface area contributed by atoms with Crippen LogP contribution in [0.4, 0.5) is 5.69 Å². The first-order valence-electron chi connectivity index (χ1n) is 8.92. The van der Waals surface area contributed by atoms with E-state index in [1.807, 2.05) is 0 Å². The Morgan fingerprint density at radius 1 is 1.11 bits per heavy atom. The third-order valence-electron chi connectivity index (χ3n) is 4.78. The number of carbonyl (C=O) groups is 1. The van der Waals surface area contributed by atoms with Crippen LogP contribution in [0.1, 0.15) is 18.4 Å². The normalized spacial score (nSPS) is 15.7. The minimum absolute atomic E-state index is 0.114. The molecule has 1 fully saturated rings. The van der Waals surface area contributed by atoms with Crippen molar-refractivity contribution in [3.63, 3.8) is 0 Å². The summed E-state index contributed by atoms with van der Waals surface area (Å²) in [6, 6.07) is 15.3. The quantitative estimate of drug-likeness (QED) is 0.806. The number of benzene rings is 2. The SMILES string of the molecule is N#CCc1ccc(NC(=O)C2CCN(S(=O)(=O)c3ccc(Cl)cc3)CC2)cc1. The average molecular weight is 418 g/mol. The standard InChI is InChI=1S/C20H20ClN3O3S/c21-17-3-7-19(8-4-17)28(26,27)24-13-10-16(11-14-24)20(25)23-18-5-1-15(2-6-18)9-12-22/h1-8,16H,9-11,13-14H2,(H,23,25). The molecule has 3 rings (SSSR count). The Hall–Kier alpha value is -2.40. The van der Waals surface area contributed by atoms with Gasteiger partial charge in [-0.2, -0.15) is 9.57 Å². The van der Waals surface area contributed by atoms with Crippen molar-refractivity contribution < 1.29 is 13.2 Å². The fourth-order valence-electron chi connectivity index (χ4n) is 3.16. The lowest BCUT2D eigenvalue weighted by Gasteiger charge is -2.30. The van der Waals surface area contributed by atoms with Crippen molar-refractivity contribution in [3.05, 3.63) is 59.1 Å². The van der Waals surface area contributed by atoms with Crippen LogP contribution in [0.25, 0.3) is 0 Å². The number of nitrogens with one attached hydrogen (secondary N) is 1. The number of anilines is 1. The highest BCUT2D eigenvalue weighted by Gasteiger charge is 2.32. The van der Waals surface area contributed by atoms with Gasteiger partial charge < -0.3 is 5.32 Å². The number of amides is 1. The number of hydrogen-bond donors (Lipinski definition) is 1. The second kappa shape index (κ2) is 8.74. The average Bonchev–Trinajstić information content (AvgIpc) is 2.70. The molecule has 8 heteroatoms. The number of piperidine rings is 1. The van der Waals surface area contributed by atoms with E-state index in [1.165, 1.54) is 16.4 Å². The molecule has 0 bridgehead atoms. The Labute approximate surface area is 169 Å². The zero-order valence-electron chi connectivity index (χ0n) is 15.1. The predicted molar refractivity (Wildman–Crippen MR) is 107 cm³/mol.